The van der Waals surface area contributed by atoms with Crippen LogP contribution in [-0.2, 0) is 14.6 Å². The number of nitrogens with zero attached hydrogens (tertiary/aromatic N) is 1. The Balaban J connectivity index is 2.03. The third-order valence-electron chi connectivity index (χ3n) is 2.77. The molecule has 0 bridgehead atoms. The van der Waals surface area contributed by atoms with Gasteiger partial charge >= 0.3 is 0 Å². The van der Waals surface area contributed by atoms with E-state index in [1.807, 2.05) is 13.0 Å². The fourth-order valence-electron chi connectivity index (χ4n) is 1.83. The molecule has 2 rings (SSSR count). The van der Waals surface area contributed by atoms with Crippen molar-refractivity contribution in [1.82, 2.24) is 4.98 Å². The predicted molar refractivity (Wildman–Crippen MR) is 64.4 cm³/mol. The highest BCUT2D eigenvalue weighted by atomic mass is 32.2. The molecule has 1 aliphatic rings. The van der Waals surface area contributed by atoms with E-state index in [4.69, 9.17) is 0 Å². The van der Waals surface area contributed by atoms with Crippen LogP contribution in [0.1, 0.15) is 12.0 Å². The number of aromatic nitrogens is 1. The van der Waals surface area contributed by atoms with Crippen LogP contribution in [0.5, 0.6) is 0 Å². The molecule has 1 N–H and O–H groups in total. The van der Waals surface area contributed by atoms with Crippen molar-refractivity contribution in [3.8, 4) is 0 Å². The Morgan fingerprint density at radius 3 is 2.88 bits per heavy atom. The zero-order valence-electron chi connectivity index (χ0n) is 9.51. The maximum atomic E-state index is 11.8. The van der Waals surface area contributed by atoms with Gasteiger partial charge in [-0.2, -0.15) is 0 Å². The number of amides is 1. The van der Waals surface area contributed by atoms with E-state index in [1.54, 1.807) is 12.3 Å². The highest BCUT2D eigenvalue weighted by Crippen LogP contribution is 2.20. The lowest BCUT2D eigenvalue weighted by Gasteiger charge is -2.08. The second-order valence-electron chi connectivity index (χ2n) is 4.31. The lowest BCUT2D eigenvalue weighted by molar-refractivity contribution is -0.119. The van der Waals surface area contributed by atoms with Crippen LogP contribution in [0, 0.1) is 12.8 Å². The number of carbonyl (C=O) groups is 1. The molecule has 1 aromatic rings. The number of pyridine rings is 1. The lowest BCUT2D eigenvalue weighted by Crippen LogP contribution is -2.24. The third-order valence-corrected chi connectivity index (χ3v) is 4.54. The van der Waals surface area contributed by atoms with Crippen molar-refractivity contribution in [2.24, 2.45) is 5.92 Å². The summed E-state index contributed by atoms with van der Waals surface area (Å²) in [5.41, 5.74) is 0.995. The van der Waals surface area contributed by atoms with E-state index >= 15 is 0 Å². The summed E-state index contributed by atoms with van der Waals surface area (Å²) >= 11 is 0. The molecular weight excluding hydrogens is 240 g/mol. The normalized spacial score (nSPS) is 22.3. The second-order valence-corrected chi connectivity index (χ2v) is 6.54. The number of hydrogen-bond donors (Lipinski definition) is 1. The zero-order valence-corrected chi connectivity index (χ0v) is 10.3. The molecule has 1 atom stereocenters. The standard InChI is InChI=1S/C11H14N2O3S/c1-8-2-4-12-10(6-8)13-11(14)9-3-5-17(15,16)7-9/h2,4,6,9H,3,5,7H2,1H3,(H,12,13,14). The first-order valence-corrected chi connectivity index (χ1v) is 7.22. The predicted octanol–water partition coefficient (Wildman–Crippen LogP) is 0.763. The number of sulfone groups is 1. The molecule has 1 saturated heterocycles. The average molecular weight is 254 g/mol. The maximum Gasteiger partial charge on any atom is 0.229 e. The second kappa shape index (κ2) is 4.44. The first kappa shape index (κ1) is 12.0. The molecule has 1 aromatic heterocycles. The zero-order chi connectivity index (χ0) is 12.5. The molecule has 1 amide bonds. The SMILES string of the molecule is Cc1ccnc(NC(=O)C2CCS(=O)(=O)C2)c1. The van der Waals surface area contributed by atoms with Crippen LogP contribution in [0.15, 0.2) is 18.3 Å². The van der Waals surface area contributed by atoms with E-state index in [0.717, 1.165) is 5.56 Å². The summed E-state index contributed by atoms with van der Waals surface area (Å²) in [4.78, 5) is 15.8. The molecule has 1 fully saturated rings. The lowest BCUT2D eigenvalue weighted by atomic mass is 10.1. The van der Waals surface area contributed by atoms with Gasteiger partial charge in [0.1, 0.15) is 5.82 Å². The molecule has 5 nitrogen and oxygen atoms in total. The molecule has 0 aromatic carbocycles. The first-order chi connectivity index (χ1) is 7.96. The van der Waals surface area contributed by atoms with E-state index < -0.39 is 15.8 Å². The van der Waals surface area contributed by atoms with Crippen molar-refractivity contribution in [2.75, 3.05) is 16.8 Å². The Morgan fingerprint density at radius 1 is 1.53 bits per heavy atom. The van der Waals surface area contributed by atoms with Crippen LogP contribution in [0.4, 0.5) is 5.82 Å². The minimum absolute atomic E-state index is 0.0509. The Kier molecular flexibility index (Phi) is 3.15. The summed E-state index contributed by atoms with van der Waals surface area (Å²) < 4.78 is 22.5. The van der Waals surface area contributed by atoms with E-state index in [0.29, 0.717) is 12.2 Å². The van der Waals surface area contributed by atoms with E-state index in [-0.39, 0.29) is 17.4 Å². The van der Waals surface area contributed by atoms with Crippen LogP contribution >= 0.6 is 0 Å². The number of aryl methyl sites for hydroxylation is 1. The summed E-state index contributed by atoms with van der Waals surface area (Å²) in [6.45, 7) is 1.90. The largest absolute Gasteiger partial charge is 0.310 e. The van der Waals surface area contributed by atoms with Crippen molar-refractivity contribution in [3.63, 3.8) is 0 Å². The summed E-state index contributed by atoms with van der Waals surface area (Å²) in [6.07, 6.45) is 2.01. The third kappa shape index (κ3) is 3.03. The van der Waals surface area contributed by atoms with Crippen molar-refractivity contribution >= 4 is 21.6 Å². The summed E-state index contributed by atoms with van der Waals surface area (Å²) in [5, 5.41) is 2.65. The van der Waals surface area contributed by atoms with Gasteiger partial charge in [0.05, 0.1) is 17.4 Å². The van der Waals surface area contributed by atoms with E-state index in [9.17, 15) is 13.2 Å². The Bertz CT molecular complexity index is 539. The molecular formula is C11H14N2O3S. The van der Waals surface area contributed by atoms with Gasteiger partial charge in [-0.05, 0) is 31.0 Å². The van der Waals surface area contributed by atoms with Crippen LogP contribution in [0.2, 0.25) is 0 Å². The molecule has 6 heteroatoms. The van der Waals surface area contributed by atoms with Crippen LogP contribution < -0.4 is 5.32 Å². The minimum atomic E-state index is -3.02. The van der Waals surface area contributed by atoms with Crippen molar-refractivity contribution in [2.45, 2.75) is 13.3 Å². The van der Waals surface area contributed by atoms with E-state index in [2.05, 4.69) is 10.3 Å². The quantitative estimate of drug-likeness (QED) is 0.845. The smallest absolute Gasteiger partial charge is 0.229 e. The van der Waals surface area contributed by atoms with Crippen LogP contribution in [0.25, 0.3) is 0 Å². The molecule has 92 valence electrons. The highest BCUT2D eigenvalue weighted by molar-refractivity contribution is 7.91. The van der Waals surface area contributed by atoms with Gasteiger partial charge in [-0.15, -0.1) is 0 Å². The average Bonchev–Trinajstić information content (AvgIpc) is 2.59. The molecule has 0 aliphatic carbocycles. The number of anilines is 1. The van der Waals surface area contributed by atoms with Crippen molar-refractivity contribution in [3.05, 3.63) is 23.9 Å². The fourth-order valence-corrected chi connectivity index (χ4v) is 3.58. The molecule has 1 aliphatic heterocycles. The molecule has 1 unspecified atom stereocenters. The van der Waals surface area contributed by atoms with Crippen LogP contribution in [0.3, 0.4) is 0 Å². The van der Waals surface area contributed by atoms with Gasteiger partial charge in [-0.25, -0.2) is 13.4 Å². The number of rotatable bonds is 2. The van der Waals surface area contributed by atoms with E-state index in [1.165, 1.54) is 0 Å². The van der Waals surface area contributed by atoms with Crippen molar-refractivity contribution < 1.29 is 13.2 Å². The Morgan fingerprint density at radius 2 is 2.29 bits per heavy atom. The monoisotopic (exact) mass is 254 g/mol. The fraction of sp³-hybridized carbons (Fsp3) is 0.455. The summed E-state index contributed by atoms with van der Waals surface area (Å²) in [7, 11) is -3.02. The summed E-state index contributed by atoms with van der Waals surface area (Å²) in [5.74, 6) is -0.178. The molecule has 0 spiro atoms. The van der Waals surface area contributed by atoms with Crippen molar-refractivity contribution in [1.29, 1.82) is 0 Å². The van der Waals surface area contributed by atoms with Gasteiger partial charge in [0.15, 0.2) is 9.84 Å². The van der Waals surface area contributed by atoms with Gasteiger partial charge < -0.3 is 5.32 Å². The number of hydrogen-bond acceptors (Lipinski definition) is 4. The molecule has 17 heavy (non-hydrogen) atoms. The number of nitrogens with one attached hydrogen (secondary N) is 1. The summed E-state index contributed by atoms with van der Waals surface area (Å²) in [6, 6.07) is 3.58. The minimum Gasteiger partial charge on any atom is -0.310 e. The Labute approximate surface area is 100 Å². The highest BCUT2D eigenvalue weighted by Gasteiger charge is 2.32. The van der Waals surface area contributed by atoms with Crippen LogP contribution in [-0.4, -0.2) is 30.8 Å². The molecule has 0 saturated carbocycles. The molecule has 0 radical (unpaired) electrons. The molecule has 2 heterocycles. The van der Waals surface area contributed by atoms with Gasteiger partial charge in [0.25, 0.3) is 0 Å². The maximum absolute atomic E-state index is 11.8. The van der Waals surface area contributed by atoms with Gasteiger partial charge in [0, 0.05) is 6.20 Å². The first-order valence-electron chi connectivity index (χ1n) is 5.40. The number of carbonyl (C=O) groups excluding carboxylic acids is 1. The van der Waals surface area contributed by atoms with Gasteiger partial charge in [-0.3, -0.25) is 4.79 Å². The topological polar surface area (TPSA) is 76.1 Å². The Hall–Kier alpha value is -1.43. The van der Waals surface area contributed by atoms with Gasteiger partial charge in [-0.1, -0.05) is 0 Å². The van der Waals surface area contributed by atoms with Gasteiger partial charge in [0.2, 0.25) is 5.91 Å².